The van der Waals surface area contributed by atoms with E-state index in [0.29, 0.717) is 6.42 Å². The van der Waals surface area contributed by atoms with Gasteiger partial charge in [-0.05, 0) is 18.9 Å². The molecule has 1 aliphatic rings. The van der Waals surface area contributed by atoms with E-state index >= 15 is 0 Å². The normalized spacial score (nSPS) is 14.4. The molecule has 0 saturated carbocycles. The molecule has 1 aliphatic heterocycles. The average Bonchev–Trinajstić information content (AvgIpc) is 2.73. The molecule has 0 bridgehead atoms. The minimum atomic E-state index is -0.103. The van der Waals surface area contributed by atoms with E-state index in [1.165, 1.54) is 0 Å². The number of ether oxygens (including phenoxy) is 2. The van der Waals surface area contributed by atoms with Gasteiger partial charge in [-0.1, -0.05) is 12.1 Å². The van der Waals surface area contributed by atoms with E-state index in [9.17, 15) is 0 Å². The molecule has 0 radical (unpaired) electrons. The molecule has 90 valence electrons. The van der Waals surface area contributed by atoms with Crippen LogP contribution in [0.25, 0.3) is 0 Å². The summed E-state index contributed by atoms with van der Waals surface area (Å²) >= 11 is 0. The van der Waals surface area contributed by atoms with Gasteiger partial charge in [0.2, 0.25) is 6.79 Å². The molecule has 3 N–H and O–H groups in total. The second kappa shape index (κ2) is 5.94. The summed E-state index contributed by atoms with van der Waals surface area (Å²) in [6.07, 6.45) is 1.45. The number of para-hydroxylation sites is 1. The fourth-order valence-corrected chi connectivity index (χ4v) is 1.71. The lowest BCUT2D eigenvalue weighted by Crippen LogP contribution is -2.11. The molecular formula is C11H16ClNO3. The maximum absolute atomic E-state index is 8.74. The number of nitrogens with two attached hydrogens (primary N) is 1. The summed E-state index contributed by atoms with van der Waals surface area (Å²) in [4.78, 5) is 0. The van der Waals surface area contributed by atoms with Gasteiger partial charge in [0.1, 0.15) is 0 Å². The van der Waals surface area contributed by atoms with Crippen molar-refractivity contribution in [2.75, 3.05) is 13.4 Å². The first-order valence-electron chi connectivity index (χ1n) is 5.08. The number of hydrogen-bond acceptors (Lipinski definition) is 4. The molecule has 4 nitrogen and oxygen atoms in total. The first kappa shape index (κ1) is 13.1. The van der Waals surface area contributed by atoms with Crippen LogP contribution in [0.5, 0.6) is 11.5 Å². The number of aliphatic hydroxyl groups excluding tert-OH is 1. The first-order chi connectivity index (χ1) is 7.33. The van der Waals surface area contributed by atoms with Crippen LogP contribution in [0.15, 0.2) is 18.2 Å². The Morgan fingerprint density at radius 3 is 2.94 bits per heavy atom. The molecule has 0 unspecified atom stereocenters. The second-order valence-corrected chi connectivity index (χ2v) is 3.55. The van der Waals surface area contributed by atoms with Gasteiger partial charge in [-0.2, -0.15) is 0 Å². The predicted octanol–water partition coefficient (Wildman–Crippen LogP) is 1.61. The van der Waals surface area contributed by atoms with Crippen molar-refractivity contribution in [2.45, 2.75) is 18.9 Å². The number of hydrogen-bond donors (Lipinski definition) is 2. The van der Waals surface area contributed by atoms with E-state index in [2.05, 4.69) is 0 Å². The molecule has 0 aromatic heterocycles. The fourth-order valence-electron chi connectivity index (χ4n) is 1.71. The van der Waals surface area contributed by atoms with Crippen LogP contribution in [0, 0.1) is 0 Å². The van der Waals surface area contributed by atoms with Crippen LogP contribution >= 0.6 is 12.4 Å². The highest BCUT2D eigenvalue weighted by atomic mass is 35.5. The third kappa shape index (κ3) is 2.58. The monoisotopic (exact) mass is 245 g/mol. The molecule has 0 fully saturated rings. The summed E-state index contributed by atoms with van der Waals surface area (Å²) in [5.41, 5.74) is 6.96. The van der Waals surface area contributed by atoms with E-state index in [4.69, 9.17) is 20.3 Å². The number of fused-ring (bicyclic) bond motifs is 1. The standard InChI is InChI=1S/C11H15NO3.ClH/c12-9(4-2-6-13)8-3-1-5-10-11(8)15-7-14-10;/h1,3,5,9,13H,2,4,6-7,12H2;1H/t9-;/m1./s1. The highest BCUT2D eigenvalue weighted by Crippen LogP contribution is 2.38. The van der Waals surface area contributed by atoms with Crippen molar-refractivity contribution in [2.24, 2.45) is 5.73 Å². The number of benzene rings is 1. The molecule has 5 heteroatoms. The molecule has 0 aliphatic carbocycles. The maximum Gasteiger partial charge on any atom is 0.231 e. The summed E-state index contributed by atoms with van der Waals surface area (Å²) in [5.74, 6) is 1.51. The third-order valence-corrected chi connectivity index (χ3v) is 2.50. The van der Waals surface area contributed by atoms with Gasteiger partial charge in [0.05, 0.1) is 0 Å². The van der Waals surface area contributed by atoms with Crippen molar-refractivity contribution in [3.8, 4) is 11.5 Å². The maximum atomic E-state index is 8.74. The quantitative estimate of drug-likeness (QED) is 0.846. The molecule has 16 heavy (non-hydrogen) atoms. The molecule has 1 heterocycles. The Kier molecular flexibility index (Phi) is 4.86. The van der Waals surface area contributed by atoms with E-state index in [-0.39, 0.29) is 31.8 Å². The topological polar surface area (TPSA) is 64.7 Å². The number of aliphatic hydroxyl groups is 1. The Bertz CT molecular complexity index is 346. The summed E-state index contributed by atoms with van der Waals surface area (Å²) < 4.78 is 10.6. The van der Waals surface area contributed by atoms with Crippen LogP contribution in [0.1, 0.15) is 24.4 Å². The lowest BCUT2D eigenvalue weighted by Gasteiger charge is -2.13. The number of rotatable bonds is 4. The Balaban J connectivity index is 0.00000128. The molecule has 2 rings (SSSR count). The van der Waals surface area contributed by atoms with Crippen LogP contribution in [-0.2, 0) is 0 Å². The van der Waals surface area contributed by atoms with E-state index in [1.807, 2.05) is 18.2 Å². The van der Waals surface area contributed by atoms with Crippen molar-refractivity contribution >= 4 is 12.4 Å². The summed E-state index contributed by atoms with van der Waals surface area (Å²) in [7, 11) is 0. The lowest BCUT2D eigenvalue weighted by molar-refractivity contribution is 0.172. The van der Waals surface area contributed by atoms with Crippen LogP contribution in [0.2, 0.25) is 0 Å². The van der Waals surface area contributed by atoms with Crippen molar-refractivity contribution in [1.82, 2.24) is 0 Å². The molecule has 0 amide bonds. The molecule has 1 aromatic carbocycles. The van der Waals surface area contributed by atoms with Gasteiger partial charge in [-0.25, -0.2) is 0 Å². The lowest BCUT2D eigenvalue weighted by atomic mass is 10.0. The zero-order chi connectivity index (χ0) is 10.7. The summed E-state index contributed by atoms with van der Waals surface area (Å²) in [6, 6.07) is 5.61. The summed E-state index contributed by atoms with van der Waals surface area (Å²) in [5, 5.41) is 8.74. The Morgan fingerprint density at radius 1 is 1.38 bits per heavy atom. The molecular weight excluding hydrogens is 230 g/mol. The Labute approximate surface area is 101 Å². The van der Waals surface area contributed by atoms with Crippen molar-refractivity contribution in [3.05, 3.63) is 23.8 Å². The zero-order valence-corrected chi connectivity index (χ0v) is 9.70. The summed E-state index contributed by atoms with van der Waals surface area (Å²) in [6.45, 7) is 0.430. The predicted molar refractivity (Wildman–Crippen MR) is 63.1 cm³/mol. The molecule has 1 atom stereocenters. The fraction of sp³-hybridized carbons (Fsp3) is 0.455. The van der Waals surface area contributed by atoms with E-state index < -0.39 is 0 Å². The molecule has 1 aromatic rings. The molecule has 0 saturated heterocycles. The van der Waals surface area contributed by atoms with E-state index in [0.717, 1.165) is 23.5 Å². The van der Waals surface area contributed by atoms with Crippen molar-refractivity contribution < 1.29 is 14.6 Å². The SMILES string of the molecule is Cl.N[C@H](CCCO)c1cccc2c1OCO2. The van der Waals surface area contributed by atoms with Gasteiger partial charge >= 0.3 is 0 Å². The highest BCUT2D eigenvalue weighted by molar-refractivity contribution is 5.85. The second-order valence-electron chi connectivity index (χ2n) is 3.55. The zero-order valence-electron chi connectivity index (χ0n) is 8.89. The van der Waals surface area contributed by atoms with Gasteiger partial charge in [-0.15, -0.1) is 12.4 Å². The average molecular weight is 246 g/mol. The minimum absolute atomic E-state index is 0. The first-order valence-corrected chi connectivity index (χ1v) is 5.08. The minimum Gasteiger partial charge on any atom is -0.454 e. The Hall–Kier alpha value is -0.970. The van der Waals surface area contributed by atoms with Gasteiger partial charge in [-0.3, -0.25) is 0 Å². The van der Waals surface area contributed by atoms with Crippen molar-refractivity contribution in [1.29, 1.82) is 0 Å². The highest BCUT2D eigenvalue weighted by Gasteiger charge is 2.20. The van der Waals surface area contributed by atoms with Crippen LogP contribution in [0.4, 0.5) is 0 Å². The van der Waals surface area contributed by atoms with E-state index in [1.54, 1.807) is 0 Å². The van der Waals surface area contributed by atoms with Crippen LogP contribution < -0.4 is 15.2 Å². The van der Waals surface area contributed by atoms with Gasteiger partial charge in [0.15, 0.2) is 11.5 Å². The third-order valence-electron chi connectivity index (χ3n) is 2.50. The molecule has 0 spiro atoms. The van der Waals surface area contributed by atoms with Gasteiger partial charge in [0, 0.05) is 18.2 Å². The van der Waals surface area contributed by atoms with Gasteiger partial charge < -0.3 is 20.3 Å². The van der Waals surface area contributed by atoms with Crippen LogP contribution in [-0.4, -0.2) is 18.5 Å². The van der Waals surface area contributed by atoms with Crippen molar-refractivity contribution in [3.63, 3.8) is 0 Å². The van der Waals surface area contributed by atoms with Crippen LogP contribution in [0.3, 0.4) is 0 Å². The number of halogens is 1. The Morgan fingerprint density at radius 2 is 2.19 bits per heavy atom. The van der Waals surface area contributed by atoms with Gasteiger partial charge in [0.25, 0.3) is 0 Å². The largest absolute Gasteiger partial charge is 0.454 e. The smallest absolute Gasteiger partial charge is 0.231 e.